The summed E-state index contributed by atoms with van der Waals surface area (Å²) in [4.78, 5) is 12.1. The van der Waals surface area contributed by atoms with Gasteiger partial charge in [-0.25, -0.2) is 0 Å². The molecule has 0 saturated heterocycles. The van der Waals surface area contributed by atoms with Crippen LogP contribution in [0.25, 0.3) is 0 Å². The highest BCUT2D eigenvalue weighted by atomic mass is 79.9. The Hall–Kier alpha value is -1.69. The zero-order valence-corrected chi connectivity index (χ0v) is 11.9. The van der Waals surface area contributed by atoms with Crippen molar-refractivity contribution < 1.29 is 9.21 Å². The third-order valence-corrected chi connectivity index (χ3v) is 3.61. The van der Waals surface area contributed by atoms with Crippen LogP contribution in [-0.2, 0) is 0 Å². The molecule has 5 nitrogen and oxygen atoms in total. The van der Waals surface area contributed by atoms with Crippen LogP contribution in [0.2, 0.25) is 0 Å². The number of aromatic nitrogens is 2. The molecule has 1 aromatic heterocycles. The van der Waals surface area contributed by atoms with Gasteiger partial charge in [0.05, 0.1) is 5.56 Å². The van der Waals surface area contributed by atoms with Gasteiger partial charge in [-0.1, -0.05) is 11.2 Å². The number of benzene rings is 1. The standard InChI is InChI=1S/C13H12BrN3O2/c1-7-2-5-9(10(14)6-7)11(18)15-13-17-16-12(19-13)8-3-4-8/h2,5-6,8H,3-4H2,1H3,(H,15,17,18). The van der Waals surface area contributed by atoms with Crippen LogP contribution in [0.15, 0.2) is 27.1 Å². The highest BCUT2D eigenvalue weighted by molar-refractivity contribution is 9.10. The summed E-state index contributed by atoms with van der Waals surface area (Å²) in [5, 5.41) is 10.4. The Bertz CT molecular complexity index is 635. The van der Waals surface area contributed by atoms with Crippen LogP contribution in [0, 0.1) is 6.92 Å². The maximum absolute atomic E-state index is 12.1. The SMILES string of the molecule is Cc1ccc(C(=O)Nc2nnc(C3CC3)o2)c(Br)c1. The van der Waals surface area contributed by atoms with Gasteiger partial charge in [-0.3, -0.25) is 10.1 Å². The van der Waals surface area contributed by atoms with Crippen LogP contribution >= 0.6 is 15.9 Å². The van der Waals surface area contributed by atoms with E-state index in [9.17, 15) is 4.79 Å². The van der Waals surface area contributed by atoms with Crippen molar-refractivity contribution in [2.75, 3.05) is 5.32 Å². The molecular weight excluding hydrogens is 310 g/mol. The van der Waals surface area contributed by atoms with Crippen molar-refractivity contribution in [2.45, 2.75) is 25.7 Å². The van der Waals surface area contributed by atoms with Gasteiger partial charge in [0.25, 0.3) is 5.91 Å². The van der Waals surface area contributed by atoms with Crippen LogP contribution in [0.3, 0.4) is 0 Å². The van der Waals surface area contributed by atoms with Crippen molar-refractivity contribution in [3.05, 3.63) is 39.7 Å². The number of aryl methyl sites for hydroxylation is 1. The summed E-state index contributed by atoms with van der Waals surface area (Å²) in [6.45, 7) is 1.96. The summed E-state index contributed by atoms with van der Waals surface area (Å²) in [5.41, 5.74) is 1.62. The zero-order chi connectivity index (χ0) is 13.4. The maximum Gasteiger partial charge on any atom is 0.322 e. The molecular formula is C13H12BrN3O2. The smallest absolute Gasteiger partial charge is 0.322 e. The van der Waals surface area contributed by atoms with E-state index in [0.717, 1.165) is 22.9 Å². The number of rotatable bonds is 3. The number of hydrogen-bond donors (Lipinski definition) is 1. The molecule has 1 aliphatic rings. The summed E-state index contributed by atoms with van der Waals surface area (Å²) in [5.74, 6) is 0.723. The fourth-order valence-electron chi connectivity index (χ4n) is 1.75. The summed E-state index contributed by atoms with van der Waals surface area (Å²) < 4.78 is 6.14. The third kappa shape index (κ3) is 2.68. The van der Waals surface area contributed by atoms with Crippen LogP contribution in [-0.4, -0.2) is 16.1 Å². The molecule has 3 rings (SSSR count). The molecule has 1 fully saturated rings. The first-order chi connectivity index (χ1) is 9.13. The lowest BCUT2D eigenvalue weighted by atomic mass is 10.1. The maximum atomic E-state index is 12.1. The average molecular weight is 322 g/mol. The van der Waals surface area contributed by atoms with Crippen molar-refractivity contribution in [1.82, 2.24) is 10.2 Å². The number of halogens is 1. The first-order valence-electron chi connectivity index (χ1n) is 6.04. The second kappa shape index (κ2) is 4.77. The van der Waals surface area contributed by atoms with E-state index in [4.69, 9.17) is 4.42 Å². The van der Waals surface area contributed by atoms with Gasteiger partial charge in [0, 0.05) is 10.4 Å². The highest BCUT2D eigenvalue weighted by Gasteiger charge is 2.29. The summed E-state index contributed by atoms with van der Waals surface area (Å²) in [6, 6.07) is 5.67. The predicted octanol–water partition coefficient (Wildman–Crippen LogP) is 3.27. The van der Waals surface area contributed by atoms with Crippen molar-refractivity contribution >= 4 is 27.9 Å². The normalized spacial score (nSPS) is 14.4. The zero-order valence-electron chi connectivity index (χ0n) is 10.3. The second-order valence-electron chi connectivity index (χ2n) is 4.66. The molecule has 1 N–H and O–H groups in total. The number of amides is 1. The Morgan fingerprint density at radius 2 is 2.21 bits per heavy atom. The molecule has 1 aliphatic carbocycles. The number of nitrogens with zero attached hydrogens (tertiary/aromatic N) is 2. The molecule has 0 radical (unpaired) electrons. The van der Waals surface area contributed by atoms with E-state index >= 15 is 0 Å². The fourth-order valence-corrected chi connectivity index (χ4v) is 2.42. The Morgan fingerprint density at radius 1 is 1.42 bits per heavy atom. The molecule has 1 aromatic carbocycles. The summed E-state index contributed by atoms with van der Waals surface area (Å²) >= 11 is 3.37. The molecule has 6 heteroatoms. The molecule has 0 spiro atoms. The van der Waals surface area contributed by atoms with Gasteiger partial charge in [0.15, 0.2) is 0 Å². The van der Waals surface area contributed by atoms with Crippen LogP contribution < -0.4 is 5.32 Å². The van der Waals surface area contributed by atoms with E-state index in [1.165, 1.54) is 0 Å². The van der Waals surface area contributed by atoms with E-state index in [0.29, 0.717) is 17.4 Å². The number of hydrogen-bond acceptors (Lipinski definition) is 4. The minimum atomic E-state index is -0.266. The molecule has 1 amide bonds. The lowest BCUT2D eigenvalue weighted by molar-refractivity contribution is 0.102. The van der Waals surface area contributed by atoms with Gasteiger partial charge >= 0.3 is 6.01 Å². The van der Waals surface area contributed by atoms with Gasteiger partial charge in [0.1, 0.15) is 0 Å². The average Bonchev–Trinajstić information content (AvgIpc) is 3.10. The Kier molecular flexibility index (Phi) is 3.10. The van der Waals surface area contributed by atoms with Crippen molar-refractivity contribution in [3.8, 4) is 0 Å². The van der Waals surface area contributed by atoms with Gasteiger partial charge < -0.3 is 4.42 Å². The molecule has 1 heterocycles. The molecule has 0 aliphatic heterocycles. The van der Waals surface area contributed by atoms with E-state index < -0.39 is 0 Å². The number of carbonyl (C=O) groups is 1. The van der Waals surface area contributed by atoms with Gasteiger partial charge in [-0.15, -0.1) is 5.10 Å². The molecule has 98 valence electrons. The Balaban J connectivity index is 1.76. The van der Waals surface area contributed by atoms with Crippen LogP contribution in [0.5, 0.6) is 0 Å². The topological polar surface area (TPSA) is 68.0 Å². The van der Waals surface area contributed by atoms with Crippen LogP contribution in [0.4, 0.5) is 6.01 Å². The van der Waals surface area contributed by atoms with Crippen molar-refractivity contribution in [3.63, 3.8) is 0 Å². The molecule has 0 atom stereocenters. The van der Waals surface area contributed by atoms with Gasteiger partial charge in [0.2, 0.25) is 5.89 Å². The lowest BCUT2D eigenvalue weighted by Crippen LogP contribution is -2.12. The predicted molar refractivity (Wildman–Crippen MR) is 73.1 cm³/mol. The second-order valence-corrected chi connectivity index (χ2v) is 5.51. The number of anilines is 1. The van der Waals surface area contributed by atoms with E-state index in [1.807, 2.05) is 19.1 Å². The van der Waals surface area contributed by atoms with Crippen LogP contribution in [0.1, 0.15) is 40.6 Å². The first kappa shape index (κ1) is 12.3. The summed E-state index contributed by atoms with van der Waals surface area (Å²) in [6.07, 6.45) is 2.16. The van der Waals surface area contributed by atoms with Crippen molar-refractivity contribution in [1.29, 1.82) is 0 Å². The minimum Gasteiger partial charge on any atom is -0.408 e. The summed E-state index contributed by atoms with van der Waals surface area (Å²) in [7, 11) is 0. The molecule has 1 saturated carbocycles. The number of nitrogens with one attached hydrogen (secondary N) is 1. The first-order valence-corrected chi connectivity index (χ1v) is 6.83. The lowest BCUT2D eigenvalue weighted by Gasteiger charge is -2.04. The van der Waals surface area contributed by atoms with E-state index in [2.05, 4.69) is 31.4 Å². The molecule has 0 bridgehead atoms. The van der Waals surface area contributed by atoms with Crippen molar-refractivity contribution in [2.24, 2.45) is 0 Å². The monoisotopic (exact) mass is 321 g/mol. The highest BCUT2D eigenvalue weighted by Crippen LogP contribution is 2.39. The largest absolute Gasteiger partial charge is 0.408 e. The molecule has 19 heavy (non-hydrogen) atoms. The third-order valence-electron chi connectivity index (χ3n) is 2.96. The Morgan fingerprint density at radius 3 is 2.89 bits per heavy atom. The minimum absolute atomic E-state index is 0.152. The number of carbonyl (C=O) groups excluding carboxylic acids is 1. The fraction of sp³-hybridized carbons (Fsp3) is 0.308. The van der Waals surface area contributed by atoms with E-state index in [1.54, 1.807) is 6.07 Å². The molecule has 0 unspecified atom stereocenters. The Labute approximate surface area is 118 Å². The van der Waals surface area contributed by atoms with Gasteiger partial charge in [-0.2, -0.15) is 0 Å². The molecule has 2 aromatic rings. The van der Waals surface area contributed by atoms with E-state index in [-0.39, 0.29) is 11.9 Å². The quantitative estimate of drug-likeness (QED) is 0.942. The van der Waals surface area contributed by atoms with Gasteiger partial charge in [-0.05, 0) is 53.4 Å².